The Morgan fingerprint density at radius 2 is 2.30 bits per heavy atom. The van der Waals surface area contributed by atoms with E-state index in [0.29, 0.717) is 12.2 Å². The van der Waals surface area contributed by atoms with Crippen LogP contribution in [-0.4, -0.2) is 34.3 Å². The summed E-state index contributed by atoms with van der Waals surface area (Å²) in [7, 11) is 0. The van der Waals surface area contributed by atoms with Gasteiger partial charge in [0, 0.05) is 0 Å². The maximum Gasteiger partial charge on any atom is 1.00 e. The minimum atomic E-state index is -1.18. The third kappa shape index (κ3) is 6.89. The molecule has 0 saturated heterocycles. The summed E-state index contributed by atoms with van der Waals surface area (Å²) in [6, 6.07) is 0. The van der Waals surface area contributed by atoms with Gasteiger partial charge in [-0.15, -0.1) is 0 Å². The molecular weight excluding hydrogens is 163 g/mol. The number of aliphatic hydroxyl groups excluding tert-OH is 1. The van der Waals surface area contributed by atoms with Crippen molar-refractivity contribution >= 4 is 17.7 Å². The van der Waals surface area contributed by atoms with Crippen molar-refractivity contribution in [2.75, 3.05) is 12.0 Å². The maximum atomic E-state index is 9.95. The third-order valence-electron chi connectivity index (χ3n) is 0.880. The van der Waals surface area contributed by atoms with Crippen LogP contribution in [0.2, 0.25) is 0 Å². The summed E-state index contributed by atoms with van der Waals surface area (Å²) in [4.78, 5) is 9.95. The monoisotopic (exact) mass is 174 g/mol. The summed E-state index contributed by atoms with van der Waals surface area (Å²) in [5.74, 6) is -0.447. The molecular formula is C5H11NaO3S. The molecule has 56 valence electrons. The van der Waals surface area contributed by atoms with Crippen LogP contribution in [0.4, 0.5) is 0 Å². The molecule has 0 heterocycles. The molecule has 0 aliphatic carbocycles. The first-order valence-corrected chi connectivity index (χ1v) is 3.97. The van der Waals surface area contributed by atoms with Crippen LogP contribution in [0.15, 0.2) is 0 Å². The van der Waals surface area contributed by atoms with Gasteiger partial charge in [0.15, 0.2) is 6.10 Å². The van der Waals surface area contributed by atoms with Gasteiger partial charge in [-0.3, -0.25) is 0 Å². The SMILES string of the molecule is CSCCC(O)C(=O)O.[H-].[Na+]. The number of carboxylic acids is 1. The van der Waals surface area contributed by atoms with E-state index in [2.05, 4.69) is 0 Å². The molecule has 0 saturated carbocycles. The fourth-order valence-corrected chi connectivity index (χ4v) is 0.812. The van der Waals surface area contributed by atoms with Crippen molar-refractivity contribution in [3.05, 3.63) is 0 Å². The van der Waals surface area contributed by atoms with E-state index in [1.165, 1.54) is 11.8 Å². The molecule has 0 aliphatic rings. The number of rotatable bonds is 4. The third-order valence-corrected chi connectivity index (χ3v) is 1.52. The Bertz CT molecular complexity index is 104. The van der Waals surface area contributed by atoms with Gasteiger partial charge < -0.3 is 11.6 Å². The van der Waals surface area contributed by atoms with Crippen LogP contribution in [0.25, 0.3) is 0 Å². The first-order valence-electron chi connectivity index (χ1n) is 2.58. The zero-order chi connectivity index (χ0) is 7.28. The Morgan fingerprint density at radius 1 is 1.80 bits per heavy atom. The molecule has 0 aromatic heterocycles. The largest absolute Gasteiger partial charge is 1.00 e. The standard InChI is InChI=1S/C5H10O3S.Na.H/c1-9-3-2-4(6)5(7)8;;/h4,6H,2-3H2,1H3,(H,7,8);;/q;+1;-1. The van der Waals surface area contributed by atoms with Crippen molar-refractivity contribution in [2.24, 2.45) is 0 Å². The summed E-state index contributed by atoms with van der Waals surface area (Å²) >= 11 is 1.52. The molecule has 0 aromatic rings. The summed E-state index contributed by atoms with van der Waals surface area (Å²) in [5.41, 5.74) is 0. The van der Waals surface area contributed by atoms with Crippen LogP contribution in [-0.2, 0) is 4.79 Å². The number of thioether (sulfide) groups is 1. The van der Waals surface area contributed by atoms with E-state index in [1.54, 1.807) is 0 Å². The number of carboxylic acid groups (broad SMARTS) is 1. The second-order valence-electron chi connectivity index (χ2n) is 1.64. The average molecular weight is 174 g/mol. The molecule has 2 N–H and O–H groups in total. The molecule has 1 unspecified atom stereocenters. The number of aliphatic carboxylic acids is 1. The molecule has 1 atom stereocenters. The minimum absolute atomic E-state index is 0. The van der Waals surface area contributed by atoms with Crippen LogP contribution < -0.4 is 29.6 Å². The van der Waals surface area contributed by atoms with Gasteiger partial charge in [-0.1, -0.05) is 0 Å². The normalized spacial score (nSPS) is 11.8. The maximum absolute atomic E-state index is 9.95. The molecule has 0 bridgehead atoms. The minimum Gasteiger partial charge on any atom is -1.00 e. The average Bonchev–Trinajstić information content (AvgIpc) is 1.82. The van der Waals surface area contributed by atoms with Crippen molar-refractivity contribution in [2.45, 2.75) is 12.5 Å². The van der Waals surface area contributed by atoms with Gasteiger partial charge in [-0.05, 0) is 18.4 Å². The van der Waals surface area contributed by atoms with Gasteiger partial charge in [0.1, 0.15) is 0 Å². The molecule has 0 spiro atoms. The van der Waals surface area contributed by atoms with Crippen LogP contribution >= 0.6 is 11.8 Å². The fraction of sp³-hybridized carbons (Fsp3) is 0.800. The zero-order valence-corrected chi connectivity index (χ0v) is 9.02. The van der Waals surface area contributed by atoms with E-state index in [0.717, 1.165) is 0 Å². The van der Waals surface area contributed by atoms with Crippen molar-refractivity contribution < 1.29 is 46.0 Å². The predicted octanol–water partition coefficient (Wildman–Crippen LogP) is -2.70. The number of carbonyl (C=O) groups is 1. The molecule has 0 aliphatic heterocycles. The van der Waals surface area contributed by atoms with E-state index in [9.17, 15) is 4.79 Å². The van der Waals surface area contributed by atoms with Gasteiger partial charge in [-0.25, -0.2) is 4.79 Å². The van der Waals surface area contributed by atoms with Crippen LogP contribution in [0.3, 0.4) is 0 Å². The number of hydrogen-bond donors (Lipinski definition) is 2. The van der Waals surface area contributed by atoms with E-state index in [4.69, 9.17) is 10.2 Å². The molecule has 0 amide bonds. The topological polar surface area (TPSA) is 57.5 Å². The summed E-state index contributed by atoms with van der Waals surface area (Å²) < 4.78 is 0. The van der Waals surface area contributed by atoms with E-state index >= 15 is 0 Å². The Balaban J connectivity index is -0.000000320. The van der Waals surface area contributed by atoms with Crippen molar-refractivity contribution in [3.8, 4) is 0 Å². The smallest absolute Gasteiger partial charge is 1.00 e. The van der Waals surface area contributed by atoms with Crippen LogP contribution in [0, 0.1) is 0 Å². The molecule has 10 heavy (non-hydrogen) atoms. The van der Waals surface area contributed by atoms with Gasteiger partial charge in [0.25, 0.3) is 0 Å². The number of hydrogen-bond acceptors (Lipinski definition) is 3. The summed E-state index contributed by atoms with van der Waals surface area (Å²) in [6.07, 6.45) is 1.02. The second-order valence-corrected chi connectivity index (χ2v) is 2.62. The molecule has 0 fully saturated rings. The predicted molar refractivity (Wildman–Crippen MR) is 37.8 cm³/mol. The van der Waals surface area contributed by atoms with Gasteiger partial charge >= 0.3 is 35.5 Å². The van der Waals surface area contributed by atoms with Gasteiger partial charge in [0.05, 0.1) is 0 Å². The van der Waals surface area contributed by atoms with E-state index < -0.39 is 12.1 Å². The summed E-state index contributed by atoms with van der Waals surface area (Å²) in [5, 5.41) is 16.8. The Hall–Kier alpha value is 0.780. The Kier molecular flexibility index (Phi) is 10.5. The van der Waals surface area contributed by atoms with Crippen LogP contribution in [0.5, 0.6) is 0 Å². The first-order chi connectivity index (χ1) is 4.18. The molecule has 3 nitrogen and oxygen atoms in total. The van der Waals surface area contributed by atoms with Gasteiger partial charge in [0.2, 0.25) is 0 Å². The number of aliphatic hydroxyl groups is 1. The summed E-state index contributed by atoms with van der Waals surface area (Å²) in [6.45, 7) is 0. The van der Waals surface area contributed by atoms with Crippen LogP contribution in [0.1, 0.15) is 7.85 Å². The Morgan fingerprint density at radius 3 is 2.60 bits per heavy atom. The molecule has 0 aromatic carbocycles. The van der Waals surface area contributed by atoms with Crippen molar-refractivity contribution in [3.63, 3.8) is 0 Å². The quantitative estimate of drug-likeness (QED) is 0.455. The van der Waals surface area contributed by atoms with E-state index in [1.807, 2.05) is 6.26 Å². The molecule has 5 heteroatoms. The second kappa shape index (κ2) is 7.88. The van der Waals surface area contributed by atoms with Gasteiger partial charge in [-0.2, -0.15) is 11.8 Å². The van der Waals surface area contributed by atoms with Crippen molar-refractivity contribution in [1.82, 2.24) is 0 Å². The first kappa shape index (κ1) is 13.4. The molecule has 0 radical (unpaired) electrons. The molecule has 0 rings (SSSR count). The fourth-order valence-electron chi connectivity index (χ4n) is 0.353. The van der Waals surface area contributed by atoms with Crippen molar-refractivity contribution in [1.29, 1.82) is 0 Å². The Labute approximate surface area is 88.0 Å². The van der Waals surface area contributed by atoms with E-state index in [-0.39, 0.29) is 31.0 Å². The zero-order valence-electron chi connectivity index (χ0n) is 7.20.